The van der Waals surface area contributed by atoms with Gasteiger partial charge in [-0.2, -0.15) is 13.2 Å². The SMILES string of the molecule is OC[C@@H]1[C@@H](O)[C@H](O)C[S+]1C[C@@H](O)[C@H](OCc1ccc(C(F)(F)F)cc1)[C@H](O)[C@@H](O)CO.[Cl-]. The first-order valence-corrected chi connectivity index (χ1v) is 11.2. The highest BCUT2D eigenvalue weighted by Crippen LogP contribution is 2.29. The molecule has 7 N–H and O–H groups in total. The Morgan fingerprint density at radius 1 is 1.03 bits per heavy atom. The van der Waals surface area contributed by atoms with E-state index in [0.717, 1.165) is 12.1 Å². The Hall–Kier alpha value is -0.670. The number of aliphatic hydroxyl groups is 7. The number of benzene rings is 1. The number of rotatable bonds is 10. The summed E-state index contributed by atoms with van der Waals surface area (Å²) in [6.07, 6.45) is -13.0. The van der Waals surface area contributed by atoms with E-state index in [1.165, 1.54) is 12.1 Å². The first-order valence-electron chi connectivity index (χ1n) is 9.55. The standard InChI is InChI=1S/C19H28F3O8S.ClH/c20-19(21,22)11-3-1-10(2-4-11)7-30-18(17(29)12(25)5-23)14(27)9-31-8-13(26)16(28)15(31)6-24;/h1-4,12-18,23-29H,5-9H2;1H/q+1;/p-1/t12-,13+,14+,15+,16-,17+,18-,31?;/m0./s1. The van der Waals surface area contributed by atoms with Gasteiger partial charge in [-0.25, -0.2) is 0 Å². The molecular formula is C19H28ClF3O8S. The van der Waals surface area contributed by atoms with Crippen molar-refractivity contribution in [3.63, 3.8) is 0 Å². The van der Waals surface area contributed by atoms with E-state index in [2.05, 4.69) is 0 Å². The molecule has 0 amide bonds. The Kier molecular flexibility index (Phi) is 11.7. The van der Waals surface area contributed by atoms with Crippen molar-refractivity contribution in [1.29, 1.82) is 0 Å². The predicted octanol–water partition coefficient (Wildman–Crippen LogP) is -4.62. The summed E-state index contributed by atoms with van der Waals surface area (Å²) in [6.45, 7) is -1.54. The minimum atomic E-state index is -4.50. The van der Waals surface area contributed by atoms with E-state index in [1.54, 1.807) is 0 Å². The second-order valence-electron chi connectivity index (χ2n) is 7.43. The first kappa shape index (κ1) is 29.4. The summed E-state index contributed by atoms with van der Waals surface area (Å²) in [7, 11) is -0.829. The van der Waals surface area contributed by atoms with Gasteiger partial charge in [-0.05, 0) is 17.7 Å². The smallest absolute Gasteiger partial charge is 0.416 e. The van der Waals surface area contributed by atoms with E-state index in [0.29, 0.717) is 5.56 Å². The van der Waals surface area contributed by atoms with Crippen LogP contribution in [0.25, 0.3) is 0 Å². The van der Waals surface area contributed by atoms with Gasteiger partial charge >= 0.3 is 6.18 Å². The van der Waals surface area contributed by atoms with Gasteiger partial charge in [0.15, 0.2) is 5.25 Å². The molecule has 13 heteroatoms. The van der Waals surface area contributed by atoms with Gasteiger partial charge < -0.3 is 52.9 Å². The molecule has 0 bridgehead atoms. The van der Waals surface area contributed by atoms with Gasteiger partial charge in [0.1, 0.15) is 48.1 Å². The van der Waals surface area contributed by atoms with Gasteiger partial charge in [-0.3, -0.25) is 0 Å². The summed E-state index contributed by atoms with van der Waals surface area (Å²) in [5.74, 6) is 0.0416. The van der Waals surface area contributed by atoms with Crippen LogP contribution in [-0.2, 0) is 28.4 Å². The summed E-state index contributed by atoms with van der Waals surface area (Å²) >= 11 is 0. The van der Waals surface area contributed by atoms with E-state index in [1.807, 2.05) is 0 Å². The van der Waals surface area contributed by atoms with Crippen LogP contribution in [-0.4, -0.2) is 102 Å². The number of alkyl halides is 3. The molecule has 0 aromatic heterocycles. The lowest BCUT2D eigenvalue weighted by molar-refractivity contribution is -0.141. The molecule has 1 unspecified atom stereocenters. The van der Waals surface area contributed by atoms with Gasteiger partial charge in [0.25, 0.3) is 0 Å². The van der Waals surface area contributed by atoms with Crippen molar-refractivity contribution in [2.45, 2.75) is 54.7 Å². The van der Waals surface area contributed by atoms with Crippen LogP contribution >= 0.6 is 0 Å². The molecule has 0 spiro atoms. The molecular weight excluding hydrogens is 481 g/mol. The van der Waals surface area contributed by atoms with Gasteiger partial charge in [0, 0.05) is 10.9 Å². The van der Waals surface area contributed by atoms with Crippen molar-refractivity contribution >= 4 is 10.9 Å². The van der Waals surface area contributed by atoms with Crippen LogP contribution in [0.2, 0.25) is 0 Å². The molecule has 32 heavy (non-hydrogen) atoms. The molecule has 1 aromatic rings. The molecule has 1 aromatic carbocycles. The van der Waals surface area contributed by atoms with Gasteiger partial charge in [-0.1, -0.05) is 12.1 Å². The largest absolute Gasteiger partial charge is 1.00 e. The lowest BCUT2D eigenvalue weighted by Gasteiger charge is -2.30. The maximum atomic E-state index is 12.7. The number of hydrogen-bond donors (Lipinski definition) is 7. The van der Waals surface area contributed by atoms with Gasteiger partial charge in [0.05, 0.1) is 25.4 Å². The Bertz CT molecular complexity index is 684. The Morgan fingerprint density at radius 2 is 1.62 bits per heavy atom. The average molecular weight is 509 g/mol. The Labute approximate surface area is 192 Å². The van der Waals surface area contributed by atoms with Gasteiger partial charge in [0.2, 0.25) is 0 Å². The van der Waals surface area contributed by atoms with Crippen LogP contribution in [0.5, 0.6) is 0 Å². The number of hydrogen-bond acceptors (Lipinski definition) is 8. The quantitative estimate of drug-likeness (QED) is 0.156. The maximum absolute atomic E-state index is 12.7. The summed E-state index contributed by atoms with van der Waals surface area (Å²) in [5.41, 5.74) is -0.531. The van der Waals surface area contributed by atoms with Crippen molar-refractivity contribution in [3.05, 3.63) is 35.4 Å². The topological polar surface area (TPSA) is 151 Å². The third-order valence-electron chi connectivity index (χ3n) is 5.17. The third kappa shape index (κ3) is 7.42. The second kappa shape index (κ2) is 12.7. The van der Waals surface area contributed by atoms with Crippen LogP contribution in [0.1, 0.15) is 11.1 Å². The van der Waals surface area contributed by atoms with Crippen LogP contribution in [0.3, 0.4) is 0 Å². The molecule has 0 saturated carbocycles. The van der Waals surface area contributed by atoms with E-state index < -0.39 is 77.7 Å². The molecule has 8 atom stereocenters. The summed E-state index contributed by atoms with van der Waals surface area (Å²) in [6, 6.07) is 4.07. The minimum absolute atomic E-state index is 0. The maximum Gasteiger partial charge on any atom is 0.416 e. The van der Waals surface area contributed by atoms with E-state index in [-0.39, 0.29) is 30.5 Å². The normalized spacial score (nSPS) is 27.4. The van der Waals surface area contributed by atoms with Crippen molar-refractivity contribution in [3.8, 4) is 0 Å². The summed E-state index contributed by atoms with van der Waals surface area (Å²) < 4.78 is 43.5. The Morgan fingerprint density at radius 3 is 2.12 bits per heavy atom. The van der Waals surface area contributed by atoms with Crippen LogP contribution in [0.4, 0.5) is 13.2 Å². The molecule has 1 saturated heterocycles. The van der Waals surface area contributed by atoms with Crippen LogP contribution < -0.4 is 12.4 Å². The Balaban J connectivity index is 0.00000512. The molecule has 8 nitrogen and oxygen atoms in total. The fraction of sp³-hybridized carbons (Fsp3) is 0.684. The molecule has 1 fully saturated rings. The van der Waals surface area contributed by atoms with Crippen molar-refractivity contribution in [2.24, 2.45) is 0 Å². The van der Waals surface area contributed by atoms with Crippen molar-refractivity contribution in [1.82, 2.24) is 0 Å². The third-order valence-corrected chi connectivity index (χ3v) is 8.00. The second-order valence-corrected chi connectivity index (χ2v) is 9.78. The monoisotopic (exact) mass is 508 g/mol. The van der Waals surface area contributed by atoms with E-state index in [4.69, 9.17) is 9.84 Å². The minimum Gasteiger partial charge on any atom is -1.00 e. The van der Waals surface area contributed by atoms with Crippen molar-refractivity contribution < 1.29 is 66.1 Å². The lowest BCUT2D eigenvalue weighted by atomic mass is 10.0. The molecule has 1 heterocycles. The first-order chi connectivity index (χ1) is 14.5. The zero-order valence-corrected chi connectivity index (χ0v) is 18.4. The molecule has 2 rings (SSSR count). The zero-order chi connectivity index (χ0) is 23.3. The van der Waals surface area contributed by atoms with Crippen molar-refractivity contribution in [2.75, 3.05) is 24.7 Å². The summed E-state index contributed by atoms with van der Waals surface area (Å²) in [4.78, 5) is 0. The molecule has 186 valence electrons. The number of ether oxygens (including phenoxy) is 1. The van der Waals surface area contributed by atoms with E-state index >= 15 is 0 Å². The molecule has 1 aliphatic heterocycles. The summed E-state index contributed by atoms with van der Waals surface area (Å²) in [5, 5.41) is 68.3. The number of halogens is 4. The van der Waals surface area contributed by atoms with Crippen LogP contribution in [0, 0.1) is 0 Å². The average Bonchev–Trinajstić information content (AvgIpc) is 2.99. The molecule has 1 aliphatic rings. The number of aliphatic hydroxyl groups excluding tert-OH is 7. The predicted molar refractivity (Wildman–Crippen MR) is 105 cm³/mol. The molecule has 0 aliphatic carbocycles. The zero-order valence-electron chi connectivity index (χ0n) is 16.8. The fourth-order valence-corrected chi connectivity index (χ4v) is 6.03. The molecule has 0 radical (unpaired) electrons. The highest BCUT2D eigenvalue weighted by Gasteiger charge is 2.51. The van der Waals surface area contributed by atoms with Gasteiger partial charge in [-0.15, -0.1) is 0 Å². The highest BCUT2D eigenvalue weighted by molar-refractivity contribution is 7.97. The van der Waals surface area contributed by atoms with Crippen LogP contribution in [0.15, 0.2) is 24.3 Å². The lowest BCUT2D eigenvalue weighted by Crippen LogP contribution is -3.00. The van der Waals surface area contributed by atoms with E-state index in [9.17, 15) is 43.8 Å². The fourth-order valence-electron chi connectivity index (χ4n) is 3.35. The highest BCUT2D eigenvalue weighted by atomic mass is 35.5.